The van der Waals surface area contributed by atoms with Crippen LogP contribution in [0, 0.1) is 6.92 Å². The van der Waals surface area contributed by atoms with Gasteiger partial charge in [0, 0.05) is 38.8 Å². The van der Waals surface area contributed by atoms with Gasteiger partial charge < -0.3 is 16.0 Å². The fourth-order valence-corrected chi connectivity index (χ4v) is 2.66. The highest BCUT2D eigenvalue weighted by Crippen LogP contribution is 2.18. The summed E-state index contributed by atoms with van der Waals surface area (Å²) in [5.41, 5.74) is 9.59. The second-order valence-electron chi connectivity index (χ2n) is 5.26. The quantitative estimate of drug-likeness (QED) is 0.762. The van der Waals surface area contributed by atoms with Crippen molar-refractivity contribution in [3.8, 4) is 0 Å². The van der Waals surface area contributed by atoms with E-state index in [-0.39, 0.29) is 6.04 Å². The highest BCUT2D eigenvalue weighted by atomic mass is 15.2. The molecule has 0 saturated carbocycles. The molecule has 1 aliphatic heterocycles. The van der Waals surface area contributed by atoms with Gasteiger partial charge in [-0.15, -0.1) is 0 Å². The highest BCUT2D eigenvalue weighted by Gasteiger charge is 2.15. The van der Waals surface area contributed by atoms with Gasteiger partial charge in [0.2, 0.25) is 0 Å². The fourth-order valence-electron chi connectivity index (χ4n) is 2.66. The van der Waals surface area contributed by atoms with Crippen molar-refractivity contribution in [2.24, 2.45) is 5.73 Å². The largest absolute Gasteiger partial charge is 0.342 e. The molecule has 1 fully saturated rings. The Kier molecular flexibility index (Phi) is 3.50. The number of aromatic nitrogens is 2. The number of benzene rings is 1. The number of rotatable bonds is 3. The summed E-state index contributed by atoms with van der Waals surface area (Å²) >= 11 is 0. The van der Waals surface area contributed by atoms with E-state index in [1.807, 2.05) is 13.0 Å². The SMILES string of the molecule is Cc1nc2ccc(C(N)CN3CCNCC3)cc2[nH]1. The number of piperazine rings is 1. The van der Waals surface area contributed by atoms with Gasteiger partial charge in [0.25, 0.3) is 0 Å². The smallest absolute Gasteiger partial charge is 0.104 e. The predicted molar refractivity (Wildman–Crippen MR) is 77.1 cm³/mol. The van der Waals surface area contributed by atoms with Crippen LogP contribution in [0.1, 0.15) is 17.4 Å². The van der Waals surface area contributed by atoms with E-state index in [1.54, 1.807) is 0 Å². The summed E-state index contributed by atoms with van der Waals surface area (Å²) in [4.78, 5) is 10.1. The van der Waals surface area contributed by atoms with Crippen molar-refractivity contribution in [3.05, 3.63) is 29.6 Å². The topological polar surface area (TPSA) is 70.0 Å². The standard InChI is InChI=1S/C14H21N5/c1-10-17-13-3-2-11(8-14(13)18-10)12(15)9-19-6-4-16-5-7-19/h2-3,8,12,16H,4-7,9,15H2,1H3,(H,17,18). The Balaban J connectivity index is 1.74. The monoisotopic (exact) mass is 259 g/mol. The van der Waals surface area contributed by atoms with Crippen LogP contribution in [0.15, 0.2) is 18.2 Å². The van der Waals surface area contributed by atoms with E-state index in [2.05, 4.69) is 32.3 Å². The van der Waals surface area contributed by atoms with E-state index < -0.39 is 0 Å². The third-order valence-electron chi connectivity index (χ3n) is 3.72. The summed E-state index contributed by atoms with van der Waals surface area (Å²) in [6.07, 6.45) is 0. The molecule has 0 spiro atoms. The van der Waals surface area contributed by atoms with Crippen LogP contribution in [-0.2, 0) is 0 Å². The van der Waals surface area contributed by atoms with Crippen LogP contribution in [0.5, 0.6) is 0 Å². The molecule has 0 aliphatic carbocycles. The van der Waals surface area contributed by atoms with Crippen LogP contribution in [0.4, 0.5) is 0 Å². The van der Waals surface area contributed by atoms with Crippen molar-refractivity contribution in [1.82, 2.24) is 20.2 Å². The van der Waals surface area contributed by atoms with Crippen molar-refractivity contribution in [3.63, 3.8) is 0 Å². The molecule has 1 aromatic carbocycles. The molecule has 1 atom stereocenters. The highest BCUT2D eigenvalue weighted by molar-refractivity contribution is 5.75. The van der Waals surface area contributed by atoms with Crippen LogP contribution in [0.25, 0.3) is 11.0 Å². The first kappa shape index (κ1) is 12.6. The van der Waals surface area contributed by atoms with Crippen molar-refractivity contribution in [1.29, 1.82) is 0 Å². The number of nitrogens with zero attached hydrogens (tertiary/aromatic N) is 2. The summed E-state index contributed by atoms with van der Waals surface area (Å²) in [5.74, 6) is 0.947. The minimum atomic E-state index is 0.0612. The lowest BCUT2D eigenvalue weighted by atomic mass is 10.1. The van der Waals surface area contributed by atoms with E-state index in [0.717, 1.165) is 49.6 Å². The van der Waals surface area contributed by atoms with Crippen LogP contribution in [0.2, 0.25) is 0 Å². The van der Waals surface area contributed by atoms with Gasteiger partial charge in [0.15, 0.2) is 0 Å². The average molecular weight is 259 g/mol. The maximum atomic E-state index is 6.33. The Morgan fingerprint density at radius 2 is 2.16 bits per heavy atom. The molecule has 19 heavy (non-hydrogen) atoms. The summed E-state index contributed by atoms with van der Waals surface area (Å²) < 4.78 is 0. The van der Waals surface area contributed by atoms with Crippen LogP contribution < -0.4 is 11.1 Å². The number of fused-ring (bicyclic) bond motifs is 1. The summed E-state index contributed by atoms with van der Waals surface area (Å²) in [7, 11) is 0. The third kappa shape index (κ3) is 2.78. The Morgan fingerprint density at radius 3 is 2.95 bits per heavy atom. The zero-order valence-corrected chi connectivity index (χ0v) is 11.3. The molecule has 5 heteroatoms. The molecule has 1 aromatic heterocycles. The molecule has 2 heterocycles. The van der Waals surface area contributed by atoms with Gasteiger partial charge in [-0.05, 0) is 24.6 Å². The molecular weight excluding hydrogens is 238 g/mol. The lowest BCUT2D eigenvalue weighted by molar-refractivity contribution is 0.228. The molecule has 1 saturated heterocycles. The molecule has 3 rings (SSSR count). The van der Waals surface area contributed by atoms with Crippen LogP contribution in [0.3, 0.4) is 0 Å². The molecule has 1 aliphatic rings. The van der Waals surface area contributed by atoms with E-state index >= 15 is 0 Å². The number of aryl methyl sites for hydroxylation is 1. The maximum Gasteiger partial charge on any atom is 0.104 e. The van der Waals surface area contributed by atoms with Crippen molar-refractivity contribution in [2.75, 3.05) is 32.7 Å². The normalized spacial score (nSPS) is 18.8. The summed E-state index contributed by atoms with van der Waals surface area (Å²) in [5, 5.41) is 3.36. The zero-order chi connectivity index (χ0) is 13.2. The Morgan fingerprint density at radius 1 is 1.37 bits per heavy atom. The number of hydrogen-bond acceptors (Lipinski definition) is 4. The first-order valence-electron chi connectivity index (χ1n) is 6.87. The minimum Gasteiger partial charge on any atom is -0.342 e. The van der Waals surface area contributed by atoms with Gasteiger partial charge in [-0.25, -0.2) is 4.98 Å². The van der Waals surface area contributed by atoms with E-state index in [4.69, 9.17) is 5.73 Å². The van der Waals surface area contributed by atoms with Crippen molar-refractivity contribution in [2.45, 2.75) is 13.0 Å². The lowest BCUT2D eigenvalue weighted by Crippen LogP contribution is -2.45. The molecular formula is C14H21N5. The second kappa shape index (κ2) is 5.28. The molecule has 4 N–H and O–H groups in total. The van der Waals surface area contributed by atoms with E-state index in [0.29, 0.717) is 0 Å². The van der Waals surface area contributed by atoms with Gasteiger partial charge in [-0.1, -0.05) is 6.07 Å². The summed E-state index contributed by atoms with van der Waals surface area (Å²) in [6.45, 7) is 7.18. The zero-order valence-electron chi connectivity index (χ0n) is 11.3. The number of nitrogens with two attached hydrogens (primary N) is 1. The fraction of sp³-hybridized carbons (Fsp3) is 0.500. The number of aromatic amines is 1. The third-order valence-corrected chi connectivity index (χ3v) is 3.72. The molecule has 0 bridgehead atoms. The molecule has 2 aromatic rings. The second-order valence-corrected chi connectivity index (χ2v) is 5.26. The van der Waals surface area contributed by atoms with Gasteiger partial charge in [0.05, 0.1) is 11.0 Å². The molecule has 0 radical (unpaired) electrons. The lowest BCUT2D eigenvalue weighted by Gasteiger charge is -2.29. The molecule has 1 unspecified atom stereocenters. The number of H-pyrrole nitrogens is 1. The van der Waals surface area contributed by atoms with Gasteiger partial charge in [-0.3, -0.25) is 4.90 Å². The maximum absolute atomic E-state index is 6.33. The Hall–Kier alpha value is -1.43. The van der Waals surface area contributed by atoms with Crippen LogP contribution >= 0.6 is 0 Å². The van der Waals surface area contributed by atoms with Crippen molar-refractivity contribution >= 4 is 11.0 Å². The van der Waals surface area contributed by atoms with Crippen molar-refractivity contribution < 1.29 is 0 Å². The number of imidazole rings is 1. The first-order chi connectivity index (χ1) is 9.22. The average Bonchev–Trinajstić information content (AvgIpc) is 2.78. The number of nitrogens with one attached hydrogen (secondary N) is 2. The van der Waals surface area contributed by atoms with Gasteiger partial charge >= 0.3 is 0 Å². The molecule has 5 nitrogen and oxygen atoms in total. The first-order valence-corrected chi connectivity index (χ1v) is 6.87. The molecule has 0 amide bonds. The minimum absolute atomic E-state index is 0.0612. The van der Waals surface area contributed by atoms with Gasteiger partial charge in [-0.2, -0.15) is 0 Å². The van der Waals surface area contributed by atoms with Crippen LogP contribution in [-0.4, -0.2) is 47.6 Å². The van der Waals surface area contributed by atoms with E-state index in [9.17, 15) is 0 Å². The molecule has 102 valence electrons. The predicted octanol–water partition coefficient (Wildman–Crippen LogP) is 0.776. The van der Waals surface area contributed by atoms with E-state index in [1.165, 1.54) is 5.56 Å². The summed E-state index contributed by atoms with van der Waals surface area (Å²) in [6, 6.07) is 6.33. The Labute approximate surface area is 113 Å². The Bertz CT molecular complexity index is 556. The van der Waals surface area contributed by atoms with Gasteiger partial charge in [0.1, 0.15) is 5.82 Å². The number of hydrogen-bond donors (Lipinski definition) is 3.